The first-order valence-electron chi connectivity index (χ1n) is 4.91. The van der Waals surface area contributed by atoms with Crippen molar-refractivity contribution in [3.8, 4) is 0 Å². The quantitative estimate of drug-likeness (QED) is 0.633. The SMILES string of the molecule is CC(C)(C)OC=O.CN1CCC(N)C1. The van der Waals surface area contributed by atoms with Crippen LogP contribution in [-0.4, -0.2) is 43.2 Å². The van der Waals surface area contributed by atoms with Gasteiger partial charge in [0.2, 0.25) is 0 Å². The Morgan fingerprint density at radius 3 is 2.14 bits per heavy atom. The van der Waals surface area contributed by atoms with E-state index in [-0.39, 0.29) is 5.60 Å². The molecule has 0 aromatic rings. The zero-order valence-electron chi connectivity index (χ0n) is 9.62. The minimum atomic E-state index is -0.318. The van der Waals surface area contributed by atoms with Crippen LogP contribution in [0.15, 0.2) is 0 Å². The minimum absolute atomic E-state index is 0.318. The molecule has 1 rings (SSSR count). The van der Waals surface area contributed by atoms with E-state index in [1.165, 1.54) is 13.0 Å². The van der Waals surface area contributed by atoms with Crippen molar-refractivity contribution in [3.63, 3.8) is 0 Å². The number of likely N-dealkylation sites (tertiary alicyclic amines) is 1. The molecule has 14 heavy (non-hydrogen) atoms. The average Bonchev–Trinajstić information content (AvgIpc) is 2.33. The monoisotopic (exact) mass is 202 g/mol. The van der Waals surface area contributed by atoms with E-state index in [0.29, 0.717) is 12.5 Å². The summed E-state index contributed by atoms with van der Waals surface area (Å²) in [6.45, 7) is 8.19. The maximum atomic E-state index is 9.60. The Morgan fingerprint density at radius 1 is 1.50 bits per heavy atom. The summed E-state index contributed by atoms with van der Waals surface area (Å²) >= 11 is 0. The Hall–Kier alpha value is -0.610. The Kier molecular flexibility index (Phi) is 5.72. The second kappa shape index (κ2) is 5.98. The highest BCUT2D eigenvalue weighted by Gasteiger charge is 2.13. The number of carbonyl (C=O) groups is 1. The van der Waals surface area contributed by atoms with E-state index in [0.717, 1.165) is 6.54 Å². The molecule has 1 fully saturated rings. The van der Waals surface area contributed by atoms with Crippen LogP contribution < -0.4 is 5.73 Å². The first-order valence-corrected chi connectivity index (χ1v) is 4.91. The topological polar surface area (TPSA) is 55.6 Å². The minimum Gasteiger partial charge on any atom is -0.462 e. The lowest BCUT2D eigenvalue weighted by Crippen LogP contribution is -2.23. The molecule has 4 nitrogen and oxygen atoms in total. The molecule has 4 heteroatoms. The number of rotatable bonds is 1. The third-order valence-electron chi connectivity index (χ3n) is 1.83. The van der Waals surface area contributed by atoms with Crippen LogP contribution in [0.3, 0.4) is 0 Å². The summed E-state index contributed by atoms with van der Waals surface area (Å²) in [4.78, 5) is 11.9. The predicted molar refractivity (Wildman–Crippen MR) is 57.0 cm³/mol. The van der Waals surface area contributed by atoms with Gasteiger partial charge in [-0.3, -0.25) is 4.79 Å². The Balaban J connectivity index is 0.000000241. The molecule has 1 atom stereocenters. The highest BCUT2D eigenvalue weighted by Crippen LogP contribution is 2.02. The van der Waals surface area contributed by atoms with Crippen molar-refractivity contribution in [3.05, 3.63) is 0 Å². The molecule has 1 saturated heterocycles. The average molecular weight is 202 g/mol. The third kappa shape index (κ3) is 8.01. The fourth-order valence-corrected chi connectivity index (χ4v) is 1.11. The fraction of sp³-hybridized carbons (Fsp3) is 0.900. The number of nitrogens with zero attached hydrogens (tertiary/aromatic N) is 1. The van der Waals surface area contributed by atoms with E-state index in [1.807, 2.05) is 20.8 Å². The summed E-state index contributed by atoms with van der Waals surface area (Å²) in [7, 11) is 2.10. The number of nitrogens with two attached hydrogens (primary N) is 1. The standard InChI is InChI=1S/C5H12N2.C5H10O2/c1-7-3-2-5(6)4-7;1-5(2,3)7-4-6/h5H,2-4,6H2,1H3;4H,1-3H3. The maximum Gasteiger partial charge on any atom is 0.293 e. The molecular formula is C10H22N2O2. The van der Waals surface area contributed by atoms with Crippen molar-refractivity contribution in [1.82, 2.24) is 4.90 Å². The van der Waals surface area contributed by atoms with Crippen LogP contribution in [0.25, 0.3) is 0 Å². The number of hydrogen-bond donors (Lipinski definition) is 1. The maximum absolute atomic E-state index is 9.60. The van der Waals surface area contributed by atoms with Crippen LogP contribution in [0.4, 0.5) is 0 Å². The highest BCUT2D eigenvalue weighted by atomic mass is 16.5. The van der Waals surface area contributed by atoms with Crippen LogP contribution in [0.2, 0.25) is 0 Å². The lowest BCUT2D eigenvalue weighted by atomic mass is 10.2. The van der Waals surface area contributed by atoms with Crippen LogP contribution >= 0.6 is 0 Å². The Morgan fingerprint density at radius 2 is 2.07 bits per heavy atom. The van der Waals surface area contributed by atoms with Crippen molar-refractivity contribution < 1.29 is 9.53 Å². The molecule has 0 aromatic heterocycles. The van der Waals surface area contributed by atoms with Gasteiger partial charge in [0, 0.05) is 12.6 Å². The van der Waals surface area contributed by atoms with Gasteiger partial charge in [-0.2, -0.15) is 0 Å². The summed E-state index contributed by atoms with van der Waals surface area (Å²) in [5.74, 6) is 0. The molecule has 1 unspecified atom stereocenters. The van der Waals surface area contributed by atoms with Gasteiger partial charge in [0.25, 0.3) is 6.47 Å². The lowest BCUT2D eigenvalue weighted by molar-refractivity contribution is -0.138. The molecule has 0 bridgehead atoms. The molecule has 1 aliphatic heterocycles. The molecule has 84 valence electrons. The number of carbonyl (C=O) groups excluding carboxylic acids is 1. The molecule has 1 heterocycles. The molecule has 0 amide bonds. The van der Waals surface area contributed by atoms with Crippen molar-refractivity contribution in [2.45, 2.75) is 38.8 Å². The molecule has 0 aromatic carbocycles. The van der Waals surface area contributed by atoms with Gasteiger partial charge in [-0.05, 0) is 40.8 Å². The molecule has 0 radical (unpaired) electrons. The number of ether oxygens (including phenoxy) is 1. The zero-order valence-corrected chi connectivity index (χ0v) is 9.62. The van der Waals surface area contributed by atoms with Gasteiger partial charge in [0.1, 0.15) is 5.60 Å². The Labute approximate surface area is 86.4 Å². The molecule has 0 aliphatic carbocycles. The van der Waals surface area contributed by atoms with E-state index >= 15 is 0 Å². The van der Waals surface area contributed by atoms with Gasteiger partial charge in [0.05, 0.1) is 0 Å². The molecule has 1 aliphatic rings. The van der Waals surface area contributed by atoms with Crippen molar-refractivity contribution in [2.24, 2.45) is 5.73 Å². The van der Waals surface area contributed by atoms with Crippen molar-refractivity contribution in [1.29, 1.82) is 0 Å². The van der Waals surface area contributed by atoms with Crippen LogP contribution in [0.5, 0.6) is 0 Å². The smallest absolute Gasteiger partial charge is 0.293 e. The van der Waals surface area contributed by atoms with Gasteiger partial charge < -0.3 is 15.4 Å². The second-order valence-corrected chi connectivity index (χ2v) is 4.64. The molecule has 2 N–H and O–H groups in total. The zero-order chi connectivity index (χ0) is 11.2. The second-order valence-electron chi connectivity index (χ2n) is 4.64. The normalized spacial score (nSPS) is 22.5. The van der Waals surface area contributed by atoms with E-state index in [4.69, 9.17) is 5.73 Å². The van der Waals surface area contributed by atoms with Crippen LogP contribution in [-0.2, 0) is 9.53 Å². The summed E-state index contributed by atoms with van der Waals surface area (Å²) in [6, 6.07) is 0.449. The van der Waals surface area contributed by atoms with Crippen molar-refractivity contribution >= 4 is 6.47 Å². The number of hydrogen-bond acceptors (Lipinski definition) is 4. The van der Waals surface area contributed by atoms with Crippen LogP contribution in [0.1, 0.15) is 27.2 Å². The fourth-order valence-electron chi connectivity index (χ4n) is 1.11. The van der Waals surface area contributed by atoms with Gasteiger partial charge in [-0.25, -0.2) is 0 Å². The summed E-state index contributed by atoms with van der Waals surface area (Å²) in [5, 5.41) is 0. The Bertz CT molecular complexity index is 158. The van der Waals surface area contributed by atoms with Gasteiger partial charge in [-0.15, -0.1) is 0 Å². The largest absolute Gasteiger partial charge is 0.462 e. The lowest BCUT2D eigenvalue weighted by Gasteiger charge is -2.14. The van der Waals surface area contributed by atoms with E-state index in [9.17, 15) is 4.79 Å². The first kappa shape index (κ1) is 13.4. The van der Waals surface area contributed by atoms with E-state index in [1.54, 1.807) is 0 Å². The molecule has 0 spiro atoms. The third-order valence-corrected chi connectivity index (χ3v) is 1.83. The van der Waals surface area contributed by atoms with Crippen LogP contribution in [0, 0.1) is 0 Å². The summed E-state index contributed by atoms with van der Waals surface area (Å²) < 4.78 is 4.55. The molecule has 0 saturated carbocycles. The van der Waals surface area contributed by atoms with E-state index < -0.39 is 0 Å². The summed E-state index contributed by atoms with van der Waals surface area (Å²) in [5.41, 5.74) is 5.27. The van der Waals surface area contributed by atoms with Gasteiger partial charge >= 0.3 is 0 Å². The van der Waals surface area contributed by atoms with Crippen molar-refractivity contribution in [2.75, 3.05) is 20.1 Å². The molecular weight excluding hydrogens is 180 g/mol. The van der Waals surface area contributed by atoms with Gasteiger partial charge in [-0.1, -0.05) is 0 Å². The predicted octanol–water partition coefficient (Wildman–Crippen LogP) is 0.607. The highest BCUT2D eigenvalue weighted by molar-refractivity contribution is 5.37. The number of likely N-dealkylation sites (N-methyl/N-ethyl adjacent to an activating group) is 1. The first-order chi connectivity index (χ1) is 6.35. The summed E-state index contributed by atoms with van der Waals surface area (Å²) in [6.07, 6.45) is 1.18. The van der Waals surface area contributed by atoms with Gasteiger partial charge in [0.15, 0.2) is 0 Å². The van der Waals surface area contributed by atoms with E-state index in [2.05, 4.69) is 16.7 Å².